The molecule has 1 N–H and O–H groups in total. The molecule has 1 atom stereocenters. The summed E-state index contributed by atoms with van der Waals surface area (Å²) in [7, 11) is 1.46. The fraction of sp³-hybridized carbons (Fsp3) is 0.438. The lowest BCUT2D eigenvalue weighted by molar-refractivity contribution is -0.151. The van der Waals surface area contributed by atoms with Gasteiger partial charge in [0.25, 0.3) is 0 Å². The lowest BCUT2D eigenvalue weighted by atomic mass is 9.88. The van der Waals surface area contributed by atoms with Crippen LogP contribution in [0.25, 0.3) is 11.4 Å². The summed E-state index contributed by atoms with van der Waals surface area (Å²) in [4.78, 5) is 26.7. The van der Waals surface area contributed by atoms with E-state index in [4.69, 9.17) is 4.74 Å². The molecule has 1 aromatic carbocycles. The summed E-state index contributed by atoms with van der Waals surface area (Å²) in [6.07, 6.45) is 0.363. The summed E-state index contributed by atoms with van der Waals surface area (Å²) in [6.45, 7) is 0.484. The smallest absolute Gasteiger partial charge is 0.313 e. The summed E-state index contributed by atoms with van der Waals surface area (Å²) >= 11 is 0. The van der Waals surface area contributed by atoms with Crippen LogP contribution in [-0.2, 0) is 20.9 Å². The Hall–Kier alpha value is -2.81. The Labute approximate surface area is 144 Å². The van der Waals surface area contributed by atoms with Crippen molar-refractivity contribution in [1.29, 1.82) is 0 Å². The molecule has 2 heterocycles. The number of hydrogen-bond acceptors (Lipinski definition) is 6. The number of carboxylic acid groups (broad SMARTS) is 1. The second-order valence-corrected chi connectivity index (χ2v) is 6.09. The second kappa shape index (κ2) is 6.98. The van der Waals surface area contributed by atoms with Crippen LogP contribution < -0.4 is 0 Å². The van der Waals surface area contributed by atoms with Crippen LogP contribution in [0.2, 0.25) is 0 Å². The van der Waals surface area contributed by atoms with Crippen LogP contribution in [-0.4, -0.2) is 68.9 Å². The molecule has 9 nitrogen and oxygen atoms in total. The van der Waals surface area contributed by atoms with E-state index in [2.05, 4.69) is 15.4 Å². The minimum Gasteiger partial charge on any atom is -0.481 e. The number of rotatable bonds is 6. The van der Waals surface area contributed by atoms with Gasteiger partial charge in [0.15, 0.2) is 0 Å². The van der Waals surface area contributed by atoms with Crippen LogP contribution in [0.4, 0.5) is 0 Å². The minimum absolute atomic E-state index is 0.0752. The van der Waals surface area contributed by atoms with Crippen molar-refractivity contribution in [2.45, 2.75) is 13.0 Å². The van der Waals surface area contributed by atoms with Gasteiger partial charge >= 0.3 is 5.97 Å². The largest absolute Gasteiger partial charge is 0.481 e. The number of carboxylic acids is 1. The summed E-state index contributed by atoms with van der Waals surface area (Å²) < 4.78 is 5.03. The molecule has 1 aromatic heterocycles. The average molecular weight is 345 g/mol. The first-order chi connectivity index (χ1) is 12.0. The van der Waals surface area contributed by atoms with Crippen molar-refractivity contribution in [2.24, 2.45) is 5.41 Å². The summed E-state index contributed by atoms with van der Waals surface area (Å²) in [5, 5.41) is 21.5. The maximum absolute atomic E-state index is 12.4. The van der Waals surface area contributed by atoms with Crippen molar-refractivity contribution in [1.82, 2.24) is 25.1 Å². The Balaban J connectivity index is 1.65. The number of aliphatic carboxylic acids is 1. The zero-order valence-corrected chi connectivity index (χ0v) is 13.8. The third-order valence-electron chi connectivity index (χ3n) is 4.34. The first-order valence-electron chi connectivity index (χ1n) is 7.87. The number of nitrogens with zero attached hydrogens (tertiary/aromatic N) is 5. The van der Waals surface area contributed by atoms with Crippen LogP contribution in [0, 0.1) is 5.41 Å². The predicted molar refractivity (Wildman–Crippen MR) is 86.4 cm³/mol. The number of amides is 1. The molecule has 0 saturated carbocycles. The molecule has 1 fully saturated rings. The van der Waals surface area contributed by atoms with Gasteiger partial charge in [0.1, 0.15) is 12.0 Å². The zero-order chi connectivity index (χ0) is 17.9. The molecular formula is C16H19N5O4. The van der Waals surface area contributed by atoms with E-state index >= 15 is 0 Å². The van der Waals surface area contributed by atoms with E-state index in [1.54, 1.807) is 0 Å². The first kappa shape index (κ1) is 17.0. The second-order valence-electron chi connectivity index (χ2n) is 6.09. The van der Waals surface area contributed by atoms with Crippen molar-refractivity contribution in [3.63, 3.8) is 0 Å². The molecule has 2 aromatic rings. The average Bonchev–Trinajstić information content (AvgIpc) is 3.24. The Morgan fingerprint density at radius 3 is 2.76 bits per heavy atom. The van der Waals surface area contributed by atoms with Gasteiger partial charge in [0.2, 0.25) is 11.7 Å². The maximum Gasteiger partial charge on any atom is 0.313 e. The fourth-order valence-electron chi connectivity index (χ4n) is 2.95. The Morgan fingerprint density at radius 1 is 1.32 bits per heavy atom. The topological polar surface area (TPSA) is 110 Å². The Kier molecular flexibility index (Phi) is 4.75. The number of carbonyl (C=O) groups excluding carboxylic acids is 1. The maximum atomic E-state index is 12.4. The monoisotopic (exact) mass is 345 g/mol. The molecule has 132 valence electrons. The first-order valence-corrected chi connectivity index (χ1v) is 7.87. The van der Waals surface area contributed by atoms with Gasteiger partial charge in [0, 0.05) is 25.8 Å². The van der Waals surface area contributed by atoms with Crippen LogP contribution >= 0.6 is 0 Å². The number of benzene rings is 1. The van der Waals surface area contributed by atoms with Gasteiger partial charge in [-0.15, -0.1) is 10.2 Å². The zero-order valence-electron chi connectivity index (χ0n) is 13.8. The quantitative estimate of drug-likeness (QED) is 0.801. The number of aromatic nitrogens is 4. The van der Waals surface area contributed by atoms with Crippen LogP contribution in [0.15, 0.2) is 30.3 Å². The predicted octanol–water partition coefficient (Wildman–Crippen LogP) is 0.290. The van der Waals surface area contributed by atoms with E-state index in [9.17, 15) is 14.7 Å². The van der Waals surface area contributed by atoms with Crippen LogP contribution in [0.3, 0.4) is 0 Å². The third kappa shape index (κ3) is 3.50. The molecule has 0 aliphatic carbocycles. The molecule has 1 amide bonds. The van der Waals surface area contributed by atoms with Crippen LogP contribution in [0.1, 0.15) is 6.42 Å². The highest BCUT2D eigenvalue weighted by Gasteiger charge is 2.46. The summed E-state index contributed by atoms with van der Waals surface area (Å²) in [5.74, 6) is -0.750. The normalized spacial score (nSPS) is 20.0. The summed E-state index contributed by atoms with van der Waals surface area (Å²) in [6, 6.07) is 9.34. The highest BCUT2D eigenvalue weighted by molar-refractivity contribution is 5.80. The van der Waals surface area contributed by atoms with Crippen molar-refractivity contribution in [3.05, 3.63) is 30.3 Å². The SMILES string of the molecule is COCC1(C(=O)O)CCN(C(=O)Cn2nnc(-c3ccccc3)n2)C1. The molecule has 0 bridgehead atoms. The molecule has 0 radical (unpaired) electrons. The van der Waals surface area contributed by atoms with Gasteiger partial charge in [-0.05, 0) is 11.6 Å². The number of carbonyl (C=O) groups is 2. The number of likely N-dealkylation sites (tertiary alicyclic amines) is 1. The number of tetrazole rings is 1. The van der Waals surface area contributed by atoms with Crippen molar-refractivity contribution < 1.29 is 19.4 Å². The molecule has 0 spiro atoms. The molecule has 1 aliphatic heterocycles. The van der Waals surface area contributed by atoms with E-state index < -0.39 is 11.4 Å². The minimum atomic E-state index is -1.05. The Bertz CT molecular complexity index is 763. The van der Waals surface area contributed by atoms with E-state index in [1.807, 2.05) is 30.3 Å². The van der Waals surface area contributed by atoms with Gasteiger partial charge in [0.05, 0.1) is 6.61 Å². The fourth-order valence-corrected chi connectivity index (χ4v) is 2.95. The lowest BCUT2D eigenvalue weighted by Gasteiger charge is -2.23. The van der Waals surface area contributed by atoms with Gasteiger partial charge < -0.3 is 14.7 Å². The number of ether oxygens (including phenoxy) is 1. The standard InChI is InChI=1S/C16H19N5O4/c1-25-11-16(15(23)24)7-8-20(10-16)13(22)9-21-18-14(17-19-21)12-5-3-2-4-6-12/h2-6H,7-11H2,1H3,(H,23,24). The van der Waals surface area contributed by atoms with Gasteiger partial charge in [-0.2, -0.15) is 4.80 Å². The molecule has 1 aliphatic rings. The van der Waals surface area contributed by atoms with E-state index in [1.165, 1.54) is 16.8 Å². The molecule has 9 heteroatoms. The van der Waals surface area contributed by atoms with E-state index in [-0.39, 0.29) is 25.6 Å². The van der Waals surface area contributed by atoms with Gasteiger partial charge in [-0.3, -0.25) is 9.59 Å². The van der Waals surface area contributed by atoms with E-state index in [0.717, 1.165) is 5.56 Å². The molecule has 1 unspecified atom stereocenters. The highest BCUT2D eigenvalue weighted by Crippen LogP contribution is 2.31. The van der Waals surface area contributed by atoms with Crippen molar-refractivity contribution in [2.75, 3.05) is 26.8 Å². The van der Waals surface area contributed by atoms with Gasteiger partial charge in [-0.25, -0.2) is 0 Å². The number of hydrogen-bond donors (Lipinski definition) is 1. The molecule has 1 saturated heterocycles. The van der Waals surface area contributed by atoms with E-state index in [0.29, 0.717) is 18.8 Å². The molecule has 3 rings (SSSR count). The lowest BCUT2D eigenvalue weighted by Crippen LogP contribution is -2.41. The molecule has 25 heavy (non-hydrogen) atoms. The summed E-state index contributed by atoms with van der Waals surface area (Å²) in [5.41, 5.74) is -0.234. The van der Waals surface area contributed by atoms with Crippen molar-refractivity contribution in [3.8, 4) is 11.4 Å². The molecular weight excluding hydrogens is 326 g/mol. The third-order valence-corrected chi connectivity index (χ3v) is 4.34. The number of methoxy groups -OCH3 is 1. The van der Waals surface area contributed by atoms with Gasteiger partial charge in [-0.1, -0.05) is 30.3 Å². The van der Waals surface area contributed by atoms with Crippen LogP contribution in [0.5, 0.6) is 0 Å². The van der Waals surface area contributed by atoms with Crippen molar-refractivity contribution >= 4 is 11.9 Å². The Morgan fingerprint density at radius 2 is 2.08 bits per heavy atom. The highest BCUT2D eigenvalue weighted by atomic mass is 16.5.